The van der Waals surface area contributed by atoms with Crippen LogP contribution in [0, 0.1) is 6.92 Å². The SMILES string of the molecule is CC(=O)Nc1ccc(Nc2nc(NC3CCN(Cc4ccccc4)CC3)ncc2C)cc1. The van der Waals surface area contributed by atoms with Crippen LogP contribution in [-0.2, 0) is 11.3 Å². The van der Waals surface area contributed by atoms with E-state index in [1.807, 2.05) is 37.4 Å². The summed E-state index contributed by atoms with van der Waals surface area (Å²) >= 11 is 0. The van der Waals surface area contributed by atoms with Crippen molar-refractivity contribution >= 4 is 29.0 Å². The summed E-state index contributed by atoms with van der Waals surface area (Å²) in [6.07, 6.45) is 3.97. The molecule has 0 bridgehead atoms. The van der Waals surface area contributed by atoms with Gasteiger partial charge >= 0.3 is 0 Å². The first-order chi connectivity index (χ1) is 15.5. The standard InChI is InChI=1S/C25H30N6O/c1-18-16-26-25(30-24(18)28-22-10-8-21(9-11-22)27-19(2)32)29-23-12-14-31(15-13-23)17-20-6-4-3-5-7-20/h3-11,16,23H,12-15,17H2,1-2H3,(H,27,32)(H2,26,28,29,30). The summed E-state index contributed by atoms with van der Waals surface area (Å²) in [5.41, 5.74) is 4.00. The maximum Gasteiger partial charge on any atom is 0.224 e. The molecular weight excluding hydrogens is 400 g/mol. The molecule has 4 rings (SSSR count). The normalized spacial score (nSPS) is 14.7. The highest BCUT2D eigenvalue weighted by Gasteiger charge is 2.20. The van der Waals surface area contributed by atoms with Gasteiger partial charge in [-0.25, -0.2) is 4.98 Å². The molecule has 0 atom stereocenters. The molecule has 0 radical (unpaired) electrons. The summed E-state index contributed by atoms with van der Waals surface area (Å²) < 4.78 is 0. The molecule has 7 nitrogen and oxygen atoms in total. The number of piperidine rings is 1. The van der Waals surface area contributed by atoms with Gasteiger partial charge in [0.05, 0.1) is 0 Å². The van der Waals surface area contributed by atoms with E-state index in [0.29, 0.717) is 12.0 Å². The van der Waals surface area contributed by atoms with Crippen LogP contribution in [0.25, 0.3) is 0 Å². The highest BCUT2D eigenvalue weighted by atomic mass is 16.1. The number of benzene rings is 2. The third-order valence-electron chi connectivity index (χ3n) is 5.61. The van der Waals surface area contributed by atoms with Gasteiger partial charge in [0, 0.05) is 55.7 Å². The third kappa shape index (κ3) is 6.04. The van der Waals surface area contributed by atoms with Crippen molar-refractivity contribution in [1.29, 1.82) is 0 Å². The van der Waals surface area contributed by atoms with Crippen LogP contribution >= 0.6 is 0 Å². The first-order valence-electron chi connectivity index (χ1n) is 11.1. The summed E-state index contributed by atoms with van der Waals surface area (Å²) in [6, 6.07) is 18.6. The van der Waals surface area contributed by atoms with E-state index in [0.717, 1.165) is 55.2 Å². The average Bonchev–Trinajstić information content (AvgIpc) is 2.79. The molecule has 0 unspecified atom stereocenters. The number of likely N-dealkylation sites (tertiary alicyclic amines) is 1. The number of aromatic nitrogens is 2. The molecule has 3 aromatic rings. The smallest absolute Gasteiger partial charge is 0.224 e. The minimum atomic E-state index is -0.0843. The monoisotopic (exact) mass is 430 g/mol. The number of aryl methyl sites for hydroxylation is 1. The van der Waals surface area contributed by atoms with Gasteiger partial charge < -0.3 is 16.0 Å². The van der Waals surface area contributed by atoms with Gasteiger partial charge in [-0.15, -0.1) is 0 Å². The Morgan fingerprint density at radius 3 is 2.41 bits per heavy atom. The minimum absolute atomic E-state index is 0.0843. The van der Waals surface area contributed by atoms with Crippen molar-refractivity contribution in [2.45, 2.75) is 39.3 Å². The predicted octanol–water partition coefficient (Wildman–Crippen LogP) is 4.56. The molecule has 3 N–H and O–H groups in total. The summed E-state index contributed by atoms with van der Waals surface area (Å²) in [5, 5.41) is 9.64. The number of carbonyl (C=O) groups excluding carboxylic acids is 1. The van der Waals surface area contributed by atoms with Gasteiger partial charge in [-0.3, -0.25) is 9.69 Å². The Balaban J connectivity index is 1.32. The van der Waals surface area contributed by atoms with Crippen molar-refractivity contribution in [2.75, 3.05) is 29.0 Å². The fraction of sp³-hybridized carbons (Fsp3) is 0.320. The lowest BCUT2D eigenvalue weighted by Gasteiger charge is -2.32. The Kier molecular flexibility index (Phi) is 6.97. The van der Waals surface area contributed by atoms with Gasteiger partial charge in [-0.1, -0.05) is 30.3 Å². The molecular formula is C25H30N6O. The number of hydrogen-bond acceptors (Lipinski definition) is 6. The highest BCUT2D eigenvalue weighted by molar-refractivity contribution is 5.88. The van der Waals surface area contributed by atoms with Gasteiger partial charge in [0.25, 0.3) is 0 Å². The van der Waals surface area contributed by atoms with Crippen LogP contribution < -0.4 is 16.0 Å². The van der Waals surface area contributed by atoms with Gasteiger partial charge in [0.2, 0.25) is 11.9 Å². The summed E-state index contributed by atoms with van der Waals surface area (Å²) in [4.78, 5) is 22.9. The number of anilines is 4. The van der Waals surface area contributed by atoms with Gasteiger partial charge in [-0.05, 0) is 49.6 Å². The first kappa shape index (κ1) is 21.8. The van der Waals surface area contributed by atoms with Crippen molar-refractivity contribution in [3.63, 3.8) is 0 Å². The van der Waals surface area contributed by atoms with E-state index in [2.05, 4.69) is 56.2 Å². The number of rotatable bonds is 7. The highest BCUT2D eigenvalue weighted by Crippen LogP contribution is 2.22. The second kappa shape index (κ2) is 10.2. The summed E-state index contributed by atoms with van der Waals surface area (Å²) in [7, 11) is 0. The van der Waals surface area contributed by atoms with Crippen LogP contribution in [0.15, 0.2) is 60.8 Å². The van der Waals surface area contributed by atoms with Gasteiger partial charge in [0.1, 0.15) is 5.82 Å². The molecule has 2 aromatic carbocycles. The number of amides is 1. The van der Waals surface area contributed by atoms with E-state index < -0.39 is 0 Å². The van der Waals surface area contributed by atoms with Crippen molar-refractivity contribution in [2.24, 2.45) is 0 Å². The zero-order chi connectivity index (χ0) is 22.3. The van der Waals surface area contributed by atoms with Crippen LogP contribution in [0.4, 0.5) is 23.1 Å². The Bertz CT molecular complexity index is 1030. The predicted molar refractivity (Wildman–Crippen MR) is 129 cm³/mol. The van der Waals surface area contributed by atoms with Crippen LogP contribution in [0.3, 0.4) is 0 Å². The summed E-state index contributed by atoms with van der Waals surface area (Å²) in [5.74, 6) is 1.34. The quantitative estimate of drug-likeness (QED) is 0.510. The Morgan fingerprint density at radius 1 is 1.03 bits per heavy atom. The molecule has 0 saturated carbocycles. The lowest BCUT2D eigenvalue weighted by Crippen LogP contribution is -2.39. The summed E-state index contributed by atoms with van der Waals surface area (Å²) in [6.45, 7) is 6.61. The van der Waals surface area contributed by atoms with Crippen LogP contribution in [-0.4, -0.2) is 39.9 Å². The first-order valence-corrected chi connectivity index (χ1v) is 11.1. The zero-order valence-electron chi connectivity index (χ0n) is 18.6. The van der Waals surface area contributed by atoms with E-state index >= 15 is 0 Å². The van der Waals surface area contributed by atoms with E-state index in [4.69, 9.17) is 4.98 Å². The Morgan fingerprint density at radius 2 is 1.72 bits per heavy atom. The fourth-order valence-electron chi connectivity index (χ4n) is 3.87. The zero-order valence-corrected chi connectivity index (χ0v) is 18.6. The number of nitrogens with zero attached hydrogens (tertiary/aromatic N) is 3. The molecule has 1 amide bonds. The van der Waals surface area contributed by atoms with Crippen LogP contribution in [0.2, 0.25) is 0 Å². The molecule has 0 spiro atoms. The Labute approximate surface area is 189 Å². The topological polar surface area (TPSA) is 82.2 Å². The number of nitrogens with one attached hydrogen (secondary N) is 3. The maximum atomic E-state index is 11.2. The largest absolute Gasteiger partial charge is 0.351 e. The second-order valence-corrected chi connectivity index (χ2v) is 8.29. The molecule has 1 aromatic heterocycles. The van der Waals surface area contributed by atoms with Gasteiger partial charge in [-0.2, -0.15) is 4.98 Å². The van der Waals surface area contributed by atoms with Gasteiger partial charge in [0.15, 0.2) is 0 Å². The third-order valence-corrected chi connectivity index (χ3v) is 5.61. The lowest BCUT2D eigenvalue weighted by atomic mass is 10.0. The van der Waals surface area contributed by atoms with Crippen molar-refractivity contribution in [3.8, 4) is 0 Å². The molecule has 1 fully saturated rings. The van der Waals surface area contributed by atoms with E-state index in [1.165, 1.54) is 12.5 Å². The minimum Gasteiger partial charge on any atom is -0.351 e. The Hall–Kier alpha value is -3.45. The second-order valence-electron chi connectivity index (χ2n) is 8.29. The molecule has 0 aliphatic carbocycles. The molecule has 1 saturated heterocycles. The van der Waals surface area contributed by atoms with Crippen molar-refractivity contribution in [3.05, 3.63) is 71.9 Å². The maximum absolute atomic E-state index is 11.2. The molecule has 166 valence electrons. The van der Waals surface area contributed by atoms with Crippen LogP contribution in [0.1, 0.15) is 30.9 Å². The van der Waals surface area contributed by atoms with Crippen molar-refractivity contribution in [1.82, 2.24) is 14.9 Å². The fourth-order valence-corrected chi connectivity index (χ4v) is 3.87. The average molecular weight is 431 g/mol. The number of hydrogen-bond donors (Lipinski definition) is 3. The van der Waals surface area contributed by atoms with Crippen LogP contribution in [0.5, 0.6) is 0 Å². The number of carbonyl (C=O) groups is 1. The molecule has 32 heavy (non-hydrogen) atoms. The molecule has 1 aliphatic rings. The van der Waals surface area contributed by atoms with E-state index in [9.17, 15) is 4.79 Å². The lowest BCUT2D eigenvalue weighted by molar-refractivity contribution is -0.114. The molecule has 7 heteroatoms. The van der Waals surface area contributed by atoms with E-state index in [-0.39, 0.29) is 5.91 Å². The van der Waals surface area contributed by atoms with E-state index in [1.54, 1.807) is 0 Å². The molecule has 1 aliphatic heterocycles. The van der Waals surface area contributed by atoms with Crippen molar-refractivity contribution < 1.29 is 4.79 Å². The molecule has 2 heterocycles.